The highest BCUT2D eigenvalue weighted by Crippen LogP contribution is 2.42. The van der Waals surface area contributed by atoms with Crippen molar-refractivity contribution in [3.05, 3.63) is 71.0 Å². The minimum absolute atomic E-state index is 0.00771. The van der Waals surface area contributed by atoms with Crippen LogP contribution in [-0.2, 0) is 4.79 Å². The Morgan fingerprint density at radius 1 is 1.00 bits per heavy atom. The molecule has 31 heavy (non-hydrogen) atoms. The Balaban J connectivity index is 1.62. The summed E-state index contributed by atoms with van der Waals surface area (Å²) in [6, 6.07) is 13.1. The highest BCUT2D eigenvalue weighted by molar-refractivity contribution is 7.99. The molecule has 2 aliphatic rings. The van der Waals surface area contributed by atoms with Gasteiger partial charge in [0.15, 0.2) is 0 Å². The summed E-state index contributed by atoms with van der Waals surface area (Å²) in [5.74, 6) is 0.0645. The van der Waals surface area contributed by atoms with Gasteiger partial charge in [0, 0.05) is 37.5 Å². The van der Waals surface area contributed by atoms with Crippen molar-refractivity contribution in [3.63, 3.8) is 0 Å². The highest BCUT2D eigenvalue weighted by atomic mass is 32.2. The van der Waals surface area contributed by atoms with Gasteiger partial charge in [-0.15, -0.1) is 11.8 Å². The molecule has 7 heteroatoms. The van der Waals surface area contributed by atoms with E-state index in [0.29, 0.717) is 24.4 Å². The second-order valence-electron chi connectivity index (χ2n) is 8.09. The summed E-state index contributed by atoms with van der Waals surface area (Å²) in [5, 5.41) is -0.319. The minimum Gasteiger partial charge on any atom is -0.338 e. The van der Waals surface area contributed by atoms with Gasteiger partial charge >= 0.3 is 0 Å². The summed E-state index contributed by atoms with van der Waals surface area (Å²) >= 11 is 1.57. The number of amides is 2. The van der Waals surface area contributed by atoms with Gasteiger partial charge in [0.1, 0.15) is 17.2 Å². The minimum atomic E-state index is -0.526. The monoisotopic (exact) mass is 441 g/mol. The van der Waals surface area contributed by atoms with Gasteiger partial charge in [0.2, 0.25) is 5.91 Å². The molecular formula is C24H28FN3O2S. The van der Waals surface area contributed by atoms with E-state index < -0.39 is 6.04 Å². The van der Waals surface area contributed by atoms with Crippen molar-refractivity contribution in [1.82, 2.24) is 14.7 Å². The molecule has 2 aromatic carbocycles. The molecule has 0 spiro atoms. The molecule has 0 bridgehead atoms. The SMILES string of the molecule is CCN1CCN(C(=O)C2CSC(c3ccc(F)cc3)N2C(=O)c2ccc(C)cc2)CC1. The number of halogens is 1. The fourth-order valence-corrected chi connectivity index (χ4v) is 5.59. The van der Waals surface area contributed by atoms with Crippen LogP contribution >= 0.6 is 11.8 Å². The third-order valence-corrected chi connectivity index (χ3v) is 7.43. The number of aryl methyl sites for hydroxylation is 1. The summed E-state index contributed by atoms with van der Waals surface area (Å²) in [7, 11) is 0. The van der Waals surface area contributed by atoms with Gasteiger partial charge in [-0.3, -0.25) is 9.59 Å². The van der Waals surface area contributed by atoms with E-state index in [1.165, 1.54) is 12.1 Å². The van der Waals surface area contributed by atoms with Crippen LogP contribution in [0.15, 0.2) is 48.5 Å². The van der Waals surface area contributed by atoms with Crippen LogP contribution < -0.4 is 0 Å². The lowest BCUT2D eigenvalue weighted by Crippen LogP contribution is -2.55. The molecular weight excluding hydrogens is 413 g/mol. The van der Waals surface area contributed by atoms with E-state index in [4.69, 9.17) is 0 Å². The Labute approximate surface area is 187 Å². The predicted molar refractivity (Wildman–Crippen MR) is 121 cm³/mol. The zero-order chi connectivity index (χ0) is 22.0. The van der Waals surface area contributed by atoms with E-state index in [2.05, 4.69) is 11.8 Å². The molecule has 0 radical (unpaired) electrons. The first-order valence-electron chi connectivity index (χ1n) is 10.8. The highest BCUT2D eigenvalue weighted by Gasteiger charge is 2.44. The van der Waals surface area contributed by atoms with E-state index in [-0.39, 0.29) is 23.0 Å². The van der Waals surface area contributed by atoms with Gasteiger partial charge in [-0.05, 0) is 43.3 Å². The van der Waals surface area contributed by atoms with Gasteiger partial charge in [0.25, 0.3) is 5.91 Å². The molecule has 4 rings (SSSR count). The van der Waals surface area contributed by atoms with Crippen molar-refractivity contribution >= 4 is 23.6 Å². The third-order valence-electron chi connectivity index (χ3n) is 6.10. The van der Waals surface area contributed by atoms with Crippen molar-refractivity contribution in [2.75, 3.05) is 38.5 Å². The number of benzene rings is 2. The molecule has 2 unspecified atom stereocenters. The van der Waals surface area contributed by atoms with Crippen LogP contribution in [0.1, 0.15) is 33.8 Å². The van der Waals surface area contributed by atoms with Crippen LogP contribution in [0.4, 0.5) is 4.39 Å². The number of carbonyl (C=O) groups is 2. The van der Waals surface area contributed by atoms with E-state index in [9.17, 15) is 14.0 Å². The molecule has 0 N–H and O–H groups in total. The zero-order valence-corrected chi connectivity index (χ0v) is 18.8. The Bertz CT molecular complexity index is 927. The van der Waals surface area contributed by atoms with Gasteiger partial charge in [-0.25, -0.2) is 4.39 Å². The molecule has 0 aromatic heterocycles. The second-order valence-corrected chi connectivity index (χ2v) is 9.20. The average molecular weight is 442 g/mol. The quantitative estimate of drug-likeness (QED) is 0.728. The predicted octanol–water partition coefficient (Wildman–Crippen LogP) is 3.55. The molecule has 2 amide bonds. The molecule has 2 fully saturated rings. The summed E-state index contributed by atoms with van der Waals surface area (Å²) in [4.78, 5) is 32.9. The molecule has 2 atom stereocenters. The fraction of sp³-hybridized carbons (Fsp3) is 0.417. The first-order valence-corrected chi connectivity index (χ1v) is 11.8. The standard InChI is InChI=1S/C24H28FN3O2S/c1-3-26-12-14-27(15-13-26)23(30)21-16-31-24(19-8-10-20(25)11-9-19)28(21)22(29)18-6-4-17(2)5-7-18/h4-11,21,24H,3,12-16H2,1-2H3. The molecule has 5 nitrogen and oxygen atoms in total. The van der Waals surface area contributed by atoms with Crippen LogP contribution in [0.5, 0.6) is 0 Å². The van der Waals surface area contributed by atoms with E-state index in [1.54, 1.807) is 28.8 Å². The largest absolute Gasteiger partial charge is 0.338 e. The van der Waals surface area contributed by atoms with Crippen LogP contribution in [0.3, 0.4) is 0 Å². The van der Waals surface area contributed by atoms with Gasteiger partial charge in [0.05, 0.1) is 0 Å². The summed E-state index contributed by atoms with van der Waals surface area (Å²) < 4.78 is 13.5. The number of thioether (sulfide) groups is 1. The number of nitrogens with zero attached hydrogens (tertiary/aromatic N) is 3. The van der Waals surface area contributed by atoms with E-state index >= 15 is 0 Å². The fourth-order valence-electron chi connectivity index (χ4n) is 4.17. The van der Waals surface area contributed by atoms with E-state index in [0.717, 1.165) is 30.8 Å². The molecule has 0 saturated carbocycles. The Morgan fingerprint density at radius 2 is 1.65 bits per heavy atom. The summed E-state index contributed by atoms with van der Waals surface area (Å²) in [6.45, 7) is 8.16. The van der Waals surface area contributed by atoms with Gasteiger partial charge in [-0.1, -0.05) is 36.8 Å². The number of likely N-dealkylation sites (N-methyl/N-ethyl adjacent to an activating group) is 1. The van der Waals surface area contributed by atoms with Crippen LogP contribution in [0.2, 0.25) is 0 Å². The Hall–Kier alpha value is -2.38. The topological polar surface area (TPSA) is 43.9 Å². The summed E-state index contributed by atoms with van der Waals surface area (Å²) in [6.07, 6.45) is 0. The number of hydrogen-bond acceptors (Lipinski definition) is 4. The Kier molecular flexibility index (Phi) is 6.62. The molecule has 2 heterocycles. The number of piperazine rings is 1. The van der Waals surface area contributed by atoms with Crippen molar-refractivity contribution in [3.8, 4) is 0 Å². The molecule has 2 aromatic rings. The van der Waals surface area contributed by atoms with Crippen LogP contribution in [0.25, 0.3) is 0 Å². The lowest BCUT2D eigenvalue weighted by atomic mass is 10.1. The first kappa shape index (κ1) is 21.8. The first-order chi connectivity index (χ1) is 15.0. The number of hydrogen-bond donors (Lipinski definition) is 0. The molecule has 164 valence electrons. The maximum absolute atomic E-state index is 13.6. The molecule has 0 aliphatic carbocycles. The number of rotatable bonds is 4. The Morgan fingerprint density at radius 3 is 2.26 bits per heavy atom. The van der Waals surface area contributed by atoms with Crippen LogP contribution in [-0.4, -0.2) is 71.0 Å². The van der Waals surface area contributed by atoms with Crippen molar-refractivity contribution in [2.24, 2.45) is 0 Å². The van der Waals surface area contributed by atoms with Gasteiger partial charge < -0.3 is 14.7 Å². The number of carbonyl (C=O) groups excluding carboxylic acids is 2. The van der Waals surface area contributed by atoms with Crippen LogP contribution in [0, 0.1) is 12.7 Å². The maximum Gasteiger partial charge on any atom is 0.255 e. The smallest absolute Gasteiger partial charge is 0.255 e. The lowest BCUT2D eigenvalue weighted by molar-refractivity contribution is -0.137. The summed E-state index contributed by atoms with van der Waals surface area (Å²) in [5.41, 5.74) is 2.47. The van der Waals surface area contributed by atoms with Crippen molar-refractivity contribution in [1.29, 1.82) is 0 Å². The maximum atomic E-state index is 13.6. The third kappa shape index (κ3) is 4.62. The zero-order valence-electron chi connectivity index (χ0n) is 18.0. The molecule has 2 aliphatic heterocycles. The average Bonchev–Trinajstić information content (AvgIpc) is 3.24. The van der Waals surface area contributed by atoms with Gasteiger partial charge in [-0.2, -0.15) is 0 Å². The van der Waals surface area contributed by atoms with Crippen molar-refractivity contribution in [2.45, 2.75) is 25.3 Å². The molecule has 2 saturated heterocycles. The normalized spacial score (nSPS) is 22.0. The van der Waals surface area contributed by atoms with E-state index in [1.807, 2.05) is 36.1 Å². The second kappa shape index (κ2) is 9.40. The lowest BCUT2D eigenvalue weighted by Gasteiger charge is -2.37. The van der Waals surface area contributed by atoms with Crippen molar-refractivity contribution < 1.29 is 14.0 Å².